The van der Waals surface area contributed by atoms with Gasteiger partial charge in [0.25, 0.3) is 0 Å². The maximum Gasteiger partial charge on any atom is 0.412 e. The number of carbonyl (C=O) groups excluding carboxylic acids is 3. The number of likely N-dealkylation sites (N-methyl/N-ethyl adjacent to an activating group) is 1. The van der Waals surface area contributed by atoms with Gasteiger partial charge in [-0.05, 0) is 47.7 Å². The molecule has 42 heavy (non-hydrogen) atoms. The lowest BCUT2D eigenvalue weighted by molar-refractivity contribution is -0.150. The zero-order chi connectivity index (χ0) is 30.8. The monoisotopic (exact) mass is 608 g/mol. The molecule has 3 aromatic rings. The highest BCUT2D eigenvalue weighted by molar-refractivity contribution is 6.31. The first-order valence-electron chi connectivity index (χ1n) is 12.9. The van der Waals surface area contributed by atoms with Crippen LogP contribution in [0.5, 0.6) is 0 Å². The number of halogens is 3. The highest BCUT2D eigenvalue weighted by Gasteiger charge is 2.26. The van der Waals surface area contributed by atoms with Crippen molar-refractivity contribution in [3.05, 3.63) is 70.9 Å². The zero-order valence-electron chi connectivity index (χ0n) is 22.6. The lowest BCUT2D eigenvalue weighted by Gasteiger charge is -2.29. The van der Waals surface area contributed by atoms with E-state index in [1.807, 2.05) is 0 Å². The number of anilines is 1. The minimum absolute atomic E-state index is 0.0730. The number of amides is 2. The van der Waals surface area contributed by atoms with Gasteiger partial charge in [0.05, 0.1) is 23.8 Å². The summed E-state index contributed by atoms with van der Waals surface area (Å²) in [5.41, 5.74) is 5.83. The number of esters is 1. The SMILES string of the molecule is CN(C(=O)CCc1cccc(F)c1Cl)[C@H](COC(=O)Nc1cc2cc(F)ccc2cn1)CC(O)COC(=O)[C@@H](N)CO. The second-order valence-corrected chi connectivity index (χ2v) is 9.84. The van der Waals surface area contributed by atoms with E-state index in [1.54, 1.807) is 12.1 Å². The molecule has 0 aliphatic rings. The molecule has 1 heterocycles. The van der Waals surface area contributed by atoms with E-state index >= 15 is 0 Å². The number of nitrogens with zero attached hydrogens (tertiary/aromatic N) is 2. The Kier molecular flexibility index (Phi) is 11.9. The minimum atomic E-state index is -1.29. The predicted octanol–water partition coefficient (Wildman–Crippen LogP) is 2.79. The Hall–Kier alpha value is -3.91. The van der Waals surface area contributed by atoms with Crippen molar-refractivity contribution in [3.8, 4) is 0 Å². The Balaban J connectivity index is 1.65. The molecule has 0 saturated heterocycles. The summed E-state index contributed by atoms with van der Waals surface area (Å²) in [5.74, 6) is -2.33. The van der Waals surface area contributed by atoms with Crippen molar-refractivity contribution in [3.63, 3.8) is 0 Å². The van der Waals surface area contributed by atoms with Crippen molar-refractivity contribution in [1.29, 1.82) is 0 Å². The Labute approximate surface area is 245 Å². The summed E-state index contributed by atoms with van der Waals surface area (Å²) in [6.07, 6.45) is -0.889. The molecule has 1 unspecified atom stereocenters. The number of benzene rings is 2. The maximum atomic E-state index is 13.8. The van der Waals surface area contributed by atoms with Crippen molar-refractivity contribution in [1.82, 2.24) is 9.88 Å². The Morgan fingerprint density at radius 3 is 2.62 bits per heavy atom. The molecule has 0 aliphatic carbocycles. The van der Waals surface area contributed by atoms with Crippen LogP contribution in [0.25, 0.3) is 10.8 Å². The number of aliphatic hydroxyl groups excluding tert-OH is 2. The number of aliphatic hydroxyl groups is 2. The van der Waals surface area contributed by atoms with E-state index in [4.69, 9.17) is 31.9 Å². The molecule has 0 bridgehead atoms. The predicted molar refractivity (Wildman–Crippen MR) is 150 cm³/mol. The zero-order valence-corrected chi connectivity index (χ0v) is 23.4. The summed E-state index contributed by atoms with van der Waals surface area (Å²) in [6, 6.07) is 7.67. The molecule has 2 aromatic carbocycles. The van der Waals surface area contributed by atoms with Gasteiger partial charge in [-0.25, -0.2) is 18.6 Å². The fourth-order valence-electron chi connectivity index (χ4n) is 3.94. The molecule has 5 N–H and O–H groups in total. The van der Waals surface area contributed by atoms with Crippen molar-refractivity contribution >= 4 is 46.2 Å². The van der Waals surface area contributed by atoms with Gasteiger partial charge in [-0.1, -0.05) is 23.7 Å². The smallest absolute Gasteiger partial charge is 0.412 e. The number of hydrogen-bond donors (Lipinski definition) is 4. The summed E-state index contributed by atoms with van der Waals surface area (Å²) in [4.78, 5) is 42.6. The van der Waals surface area contributed by atoms with Gasteiger partial charge >= 0.3 is 12.1 Å². The van der Waals surface area contributed by atoms with Gasteiger partial charge in [-0.2, -0.15) is 0 Å². The van der Waals surface area contributed by atoms with Crippen LogP contribution in [0.1, 0.15) is 18.4 Å². The van der Waals surface area contributed by atoms with Crippen LogP contribution in [0.2, 0.25) is 5.02 Å². The van der Waals surface area contributed by atoms with Crippen LogP contribution >= 0.6 is 11.6 Å². The molecule has 0 radical (unpaired) electrons. The van der Waals surface area contributed by atoms with E-state index in [-0.39, 0.29) is 36.7 Å². The summed E-state index contributed by atoms with van der Waals surface area (Å²) >= 11 is 5.98. The van der Waals surface area contributed by atoms with Crippen LogP contribution in [-0.4, -0.2) is 83.1 Å². The number of carbonyl (C=O) groups is 3. The van der Waals surface area contributed by atoms with Gasteiger partial charge in [0.1, 0.15) is 36.7 Å². The summed E-state index contributed by atoms with van der Waals surface area (Å²) in [7, 11) is 1.43. The van der Waals surface area contributed by atoms with Crippen LogP contribution in [-0.2, 0) is 25.5 Å². The number of ether oxygens (including phenoxy) is 2. The first-order valence-corrected chi connectivity index (χ1v) is 13.2. The molecule has 14 heteroatoms. The van der Waals surface area contributed by atoms with Gasteiger partial charge in [0, 0.05) is 31.5 Å². The molecule has 0 saturated carbocycles. The lowest BCUT2D eigenvalue weighted by atomic mass is 10.1. The number of hydrogen-bond acceptors (Lipinski definition) is 9. The number of nitrogens with one attached hydrogen (secondary N) is 1. The summed E-state index contributed by atoms with van der Waals surface area (Å²) < 4.78 is 37.5. The molecule has 3 rings (SSSR count). The van der Waals surface area contributed by atoms with Gasteiger partial charge < -0.3 is 30.3 Å². The van der Waals surface area contributed by atoms with E-state index in [1.165, 1.54) is 48.5 Å². The van der Waals surface area contributed by atoms with E-state index in [9.17, 15) is 28.3 Å². The van der Waals surface area contributed by atoms with Crippen LogP contribution in [0.15, 0.2) is 48.7 Å². The third kappa shape index (κ3) is 9.31. The Morgan fingerprint density at radius 1 is 1.12 bits per heavy atom. The minimum Gasteiger partial charge on any atom is -0.462 e. The fourth-order valence-corrected chi connectivity index (χ4v) is 4.16. The third-order valence-electron chi connectivity index (χ3n) is 6.36. The Bertz CT molecular complexity index is 1410. The van der Waals surface area contributed by atoms with E-state index in [0.29, 0.717) is 16.3 Å². The first kappa shape index (κ1) is 32.6. The number of pyridine rings is 1. The Morgan fingerprint density at radius 2 is 1.88 bits per heavy atom. The van der Waals surface area contributed by atoms with Crippen molar-refractivity contribution in [2.75, 3.05) is 32.2 Å². The average Bonchev–Trinajstić information content (AvgIpc) is 2.97. The second kappa shape index (κ2) is 15.4. The van der Waals surface area contributed by atoms with Crippen LogP contribution < -0.4 is 11.1 Å². The largest absolute Gasteiger partial charge is 0.462 e. The molecule has 0 aliphatic heterocycles. The number of aromatic nitrogens is 1. The van der Waals surface area contributed by atoms with Crippen molar-refractivity contribution in [2.24, 2.45) is 5.73 Å². The third-order valence-corrected chi connectivity index (χ3v) is 6.79. The molecule has 2 amide bonds. The number of aryl methyl sites for hydroxylation is 1. The van der Waals surface area contributed by atoms with E-state index in [2.05, 4.69) is 10.3 Å². The quantitative estimate of drug-likeness (QED) is 0.214. The highest BCUT2D eigenvalue weighted by Crippen LogP contribution is 2.22. The molecular weight excluding hydrogens is 578 g/mol. The normalized spacial score (nSPS) is 13.2. The fraction of sp³-hybridized carbons (Fsp3) is 0.357. The van der Waals surface area contributed by atoms with Gasteiger partial charge in [0.2, 0.25) is 5.91 Å². The van der Waals surface area contributed by atoms with Gasteiger partial charge in [-0.15, -0.1) is 0 Å². The van der Waals surface area contributed by atoms with Gasteiger partial charge in [0.15, 0.2) is 0 Å². The molecule has 0 fully saturated rings. The summed E-state index contributed by atoms with van der Waals surface area (Å²) in [6.45, 7) is -1.51. The molecule has 3 atom stereocenters. The van der Waals surface area contributed by atoms with Crippen LogP contribution in [0.3, 0.4) is 0 Å². The second-order valence-electron chi connectivity index (χ2n) is 9.46. The van der Waals surface area contributed by atoms with Crippen LogP contribution in [0.4, 0.5) is 19.4 Å². The maximum absolute atomic E-state index is 13.8. The number of rotatable bonds is 13. The number of nitrogens with two attached hydrogens (primary N) is 1. The van der Waals surface area contributed by atoms with Crippen LogP contribution in [0, 0.1) is 11.6 Å². The van der Waals surface area contributed by atoms with Gasteiger partial charge in [-0.3, -0.25) is 14.9 Å². The first-order chi connectivity index (χ1) is 20.0. The molecule has 1 aromatic heterocycles. The average molecular weight is 609 g/mol. The molecular formula is C28H31ClF2N4O7. The highest BCUT2D eigenvalue weighted by atomic mass is 35.5. The molecule has 0 spiro atoms. The number of fused-ring (bicyclic) bond motifs is 1. The van der Waals surface area contributed by atoms with E-state index in [0.717, 1.165) is 0 Å². The lowest BCUT2D eigenvalue weighted by Crippen LogP contribution is -2.44. The molecule has 226 valence electrons. The molecule has 11 nitrogen and oxygen atoms in total. The van der Waals surface area contributed by atoms with Crippen molar-refractivity contribution in [2.45, 2.75) is 37.5 Å². The summed E-state index contributed by atoms with van der Waals surface area (Å²) in [5, 5.41) is 22.9. The topological polar surface area (TPSA) is 164 Å². The van der Waals surface area contributed by atoms with E-state index < -0.39 is 61.0 Å². The standard InChI is InChI=1S/C28H31ClF2N4O7/c1-35(25(38)8-6-16-3-2-4-22(31)26(16)29)20(11-21(37)15-41-27(39)23(32)13-36)14-42-28(40)34-24-10-18-9-19(30)7-5-17(18)12-33-24/h2-5,7,9-10,12,20-21,23,36-37H,6,8,11,13-15,32H2,1H3,(H,33,34,40)/t20-,21?,23-/m0/s1. The van der Waals surface area contributed by atoms with Crippen molar-refractivity contribution < 1.29 is 42.9 Å².